The number of nitro groups is 1. The largest absolute Gasteiger partial charge is 0.450 e. The normalized spacial score (nSPS) is 11.1. The number of benzene rings is 2. The molecule has 0 atom stereocenters. The predicted octanol–water partition coefficient (Wildman–Crippen LogP) is 3.10. The van der Waals surface area contributed by atoms with Gasteiger partial charge in [-0.05, 0) is 36.8 Å². The lowest BCUT2D eigenvalue weighted by Gasteiger charge is -2.08. The summed E-state index contributed by atoms with van der Waals surface area (Å²) in [7, 11) is -3.52. The SMILES string of the molecule is Cc1cccc(Oc2ccc(S(C)(=O)=O)cc2[N+](=O)[O-])c1. The Morgan fingerprint density at radius 3 is 2.43 bits per heavy atom. The van der Waals surface area contributed by atoms with Gasteiger partial charge in [0.2, 0.25) is 5.75 Å². The molecule has 2 aromatic carbocycles. The van der Waals surface area contributed by atoms with Crippen molar-refractivity contribution in [3.05, 3.63) is 58.1 Å². The summed E-state index contributed by atoms with van der Waals surface area (Å²) in [4.78, 5) is 10.3. The quantitative estimate of drug-likeness (QED) is 0.640. The Labute approximate surface area is 122 Å². The van der Waals surface area contributed by atoms with Crippen LogP contribution < -0.4 is 4.74 Å². The van der Waals surface area contributed by atoms with Gasteiger partial charge in [0.1, 0.15) is 5.75 Å². The Balaban J connectivity index is 2.47. The first-order chi connectivity index (χ1) is 9.77. The summed E-state index contributed by atoms with van der Waals surface area (Å²) < 4.78 is 28.4. The maximum absolute atomic E-state index is 11.5. The van der Waals surface area contributed by atoms with Crippen LogP contribution in [0.1, 0.15) is 5.56 Å². The maximum atomic E-state index is 11.5. The van der Waals surface area contributed by atoms with Crippen LogP contribution in [0.2, 0.25) is 0 Å². The summed E-state index contributed by atoms with van der Waals surface area (Å²) in [5.41, 5.74) is 0.558. The second-order valence-corrected chi connectivity index (χ2v) is 6.59. The third kappa shape index (κ3) is 3.57. The van der Waals surface area contributed by atoms with Gasteiger partial charge in [0.15, 0.2) is 9.84 Å². The molecule has 0 aliphatic carbocycles. The van der Waals surface area contributed by atoms with Gasteiger partial charge in [0, 0.05) is 12.3 Å². The Morgan fingerprint density at radius 2 is 1.86 bits per heavy atom. The number of rotatable bonds is 4. The minimum Gasteiger partial charge on any atom is -0.450 e. The van der Waals surface area contributed by atoms with Crippen LogP contribution in [0.4, 0.5) is 5.69 Å². The van der Waals surface area contributed by atoms with Crippen LogP contribution in [0.25, 0.3) is 0 Å². The van der Waals surface area contributed by atoms with E-state index in [4.69, 9.17) is 4.74 Å². The van der Waals surface area contributed by atoms with E-state index in [1.54, 1.807) is 18.2 Å². The summed E-state index contributed by atoms with van der Waals surface area (Å²) in [5, 5.41) is 11.1. The van der Waals surface area contributed by atoms with Crippen molar-refractivity contribution in [2.75, 3.05) is 6.26 Å². The Hall–Kier alpha value is -2.41. The molecule has 0 saturated heterocycles. The molecule has 0 bridgehead atoms. The average molecular weight is 307 g/mol. The molecule has 0 N–H and O–H groups in total. The monoisotopic (exact) mass is 307 g/mol. The molecule has 0 unspecified atom stereocenters. The van der Waals surface area contributed by atoms with Crippen molar-refractivity contribution in [3.8, 4) is 11.5 Å². The zero-order valence-corrected chi connectivity index (χ0v) is 12.3. The third-order valence-electron chi connectivity index (χ3n) is 2.77. The van der Waals surface area contributed by atoms with Crippen LogP contribution in [0.3, 0.4) is 0 Å². The molecule has 21 heavy (non-hydrogen) atoms. The highest BCUT2D eigenvalue weighted by Crippen LogP contribution is 2.33. The number of nitrogens with zero attached hydrogens (tertiary/aromatic N) is 1. The molecule has 2 aromatic rings. The van der Waals surface area contributed by atoms with Crippen LogP contribution in [0, 0.1) is 17.0 Å². The Kier molecular flexibility index (Phi) is 3.95. The summed E-state index contributed by atoms with van der Waals surface area (Å²) >= 11 is 0. The van der Waals surface area contributed by atoms with Gasteiger partial charge in [-0.2, -0.15) is 0 Å². The highest BCUT2D eigenvalue weighted by atomic mass is 32.2. The maximum Gasteiger partial charge on any atom is 0.312 e. The van der Waals surface area contributed by atoms with Crippen LogP contribution in [0.5, 0.6) is 11.5 Å². The van der Waals surface area contributed by atoms with Crippen molar-refractivity contribution >= 4 is 15.5 Å². The molecule has 6 nitrogen and oxygen atoms in total. The first-order valence-electron chi connectivity index (χ1n) is 6.00. The lowest BCUT2D eigenvalue weighted by molar-refractivity contribution is -0.385. The minimum atomic E-state index is -3.52. The van der Waals surface area contributed by atoms with E-state index in [2.05, 4.69) is 0 Å². The number of ether oxygens (including phenoxy) is 1. The number of nitro benzene ring substituents is 1. The summed E-state index contributed by atoms with van der Waals surface area (Å²) in [6, 6.07) is 10.6. The van der Waals surface area contributed by atoms with Crippen molar-refractivity contribution < 1.29 is 18.1 Å². The van der Waals surface area contributed by atoms with Gasteiger partial charge in [-0.25, -0.2) is 8.42 Å². The zero-order valence-electron chi connectivity index (χ0n) is 11.4. The smallest absolute Gasteiger partial charge is 0.312 e. The van der Waals surface area contributed by atoms with Crippen molar-refractivity contribution in [3.63, 3.8) is 0 Å². The fourth-order valence-corrected chi connectivity index (χ4v) is 2.40. The number of aryl methyl sites for hydroxylation is 1. The average Bonchev–Trinajstić information content (AvgIpc) is 2.37. The number of sulfone groups is 1. The fraction of sp³-hybridized carbons (Fsp3) is 0.143. The molecule has 0 amide bonds. The molecule has 0 saturated carbocycles. The lowest BCUT2D eigenvalue weighted by atomic mass is 10.2. The van der Waals surface area contributed by atoms with E-state index in [1.165, 1.54) is 12.1 Å². The second kappa shape index (κ2) is 5.53. The second-order valence-electron chi connectivity index (χ2n) is 4.58. The van der Waals surface area contributed by atoms with Crippen molar-refractivity contribution in [1.29, 1.82) is 0 Å². The highest BCUT2D eigenvalue weighted by molar-refractivity contribution is 7.90. The first kappa shape index (κ1) is 15.0. The number of hydrogen-bond donors (Lipinski definition) is 0. The van der Waals surface area contributed by atoms with Crippen LogP contribution in [-0.4, -0.2) is 19.6 Å². The Bertz CT molecular complexity index is 799. The van der Waals surface area contributed by atoms with E-state index < -0.39 is 14.8 Å². The zero-order chi connectivity index (χ0) is 15.6. The van der Waals surface area contributed by atoms with Gasteiger partial charge in [-0.15, -0.1) is 0 Å². The number of hydrogen-bond acceptors (Lipinski definition) is 5. The van der Waals surface area contributed by atoms with E-state index in [9.17, 15) is 18.5 Å². The summed E-state index contributed by atoms with van der Waals surface area (Å²) in [6.45, 7) is 1.87. The van der Waals surface area contributed by atoms with Crippen molar-refractivity contribution in [2.45, 2.75) is 11.8 Å². The van der Waals surface area contributed by atoms with Crippen LogP contribution >= 0.6 is 0 Å². The van der Waals surface area contributed by atoms with E-state index in [-0.39, 0.29) is 16.3 Å². The molecule has 0 radical (unpaired) electrons. The van der Waals surface area contributed by atoms with E-state index >= 15 is 0 Å². The molecule has 0 aliphatic heterocycles. The molecular formula is C14H13NO5S. The van der Waals surface area contributed by atoms with Gasteiger partial charge in [0.05, 0.1) is 9.82 Å². The molecule has 0 aliphatic rings. The summed E-state index contributed by atoms with van der Waals surface area (Å²) in [5.74, 6) is 0.447. The van der Waals surface area contributed by atoms with Gasteiger partial charge in [-0.3, -0.25) is 10.1 Å². The molecule has 2 rings (SSSR count). The first-order valence-corrected chi connectivity index (χ1v) is 7.89. The fourth-order valence-electron chi connectivity index (χ4n) is 1.76. The lowest BCUT2D eigenvalue weighted by Crippen LogP contribution is -2.00. The van der Waals surface area contributed by atoms with Gasteiger partial charge in [0.25, 0.3) is 0 Å². The topological polar surface area (TPSA) is 86.5 Å². The molecule has 0 spiro atoms. The molecule has 0 heterocycles. The van der Waals surface area contributed by atoms with Gasteiger partial charge in [-0.1, -0.05) is 12.1 Å². The Morgan fingerprint density at radius 1 is 1.14 bits per heavy atom. The van der Waals surface area contributed by atoms with E-state index in [0.29, 0.717) is 5.75 Å². The molecule has 0 fully saturated rings. The van der Waals surface area contributed by atoms with Gasteiger partial charge < -0.3 is 4.74 Å². The predicted molar refractivity (Wildman–Crippen MR) is 77.5 cm³/mol. The molecule has 110 valence electrons. The van der Waals surface area contributed by atoms with E-state index in [1.807, 2.05) is 13.0 Å². The molecule has 0 aromatic heterocycles. The molecule has 7 heteroatoms. The standard InChI is InChI=1S/C14H13NO5S/c1-10-4-3-5-11(8-10)20-14-7-6-12(21(2,18)19)9-13(14)15(16)17/h3-9H,1-2H3. The van der Waals surface area contributed by atoms with E-state index in [0.717, 1.165) is 17.9 Å². The van der Waals surface area contributed by atoms with Crippen molar-refractivity contribution in [2.24, 2.45) is 0 Å². The minimum absolute atomic E-state index is 0.00185. The van der Waals surface area contributed by atoms with Crippen LogP contribution in [0.15, 0.2) is 47.4 Å². The van der Waals surface area contributed by atoms with Crippen molar-refractivity contribution in [1.82, 2.24) is 0 Å². The van der Waals surface area contributed by atoms with Crippen LogP contribution in [-0.2, 0) is 9.84 Å². The highest BCUT2D eigenvalue weighted by Gasteiger charge is 2.20. The molecular weight excluding hydrogens is 294 g/mol. The van der Waals surface area contributed by atoms with Gasteiger partial charge >= 0.3 is 5.69 Å². The third-order valence-corrected chi connectivity index (χ3v) is 3.88. The summed E-state index contributed by atoms with van der Waals surface area (Å²) in [6.07, 6.45) is 0.993.